The van der Waals surface area contributed by atoms with Gasteiger partial charge in [-0.05, 0) is 14.0 Å². The minimum absolute atomic E-state index is 0.0326. The fraction of sp³-hybridized carbons (Fsp3) is 0.375. The molecule has 0 aromatic carbocycles. The lowest BCUT2D eigenvalue weighted by molar-refractivity contribution is 0.633. The summed E-state index contributed by atoms with van der Waals surface area (Å²) in [6, 6.07) is -0.0326. The van der Waals surface area contributed by atoms with Gasteiger partial charge in [0.05, 0.1) is 20.8 Å². The molecule has 14 heavy (non-hydrogen) atoms. The van der Waals surface area contributed by atoms with Crippen LogP contribution in [0.15, 0.2) is 0 Å². The number of hydrogen-bond donors (Lipinski definition) is 1. The Hall–Kier alpha value is 0.270. The van der Waals surface area contributed by atoms with Gasteiger partial charge in [-0.15, -0.1) is 0 Å². The zero-order chi connectivity index (χ0) is 10.9. The smallest absolute Gasteiger partial charge is 0.149 e. The van der Waals surface area contributed by atoms with Crippen LogP contribution in [0, 0.1) is 0 Å². The average Bonchev–Trinajstić information content (AvgIpc) is 2.19. The predicted octanol–water partition coefficient (Wildman–Crippen LogP) is 3.98. The van der Waals surface area contributed by atoms with Crippen molar-refractivity contribution in [2.75, 3.05) is 7.05 Å². The van der Waals surface area contributed by atoms with Gasteiger partial charge in [-0.1, -0.05) is 46.4 Å². The molecule has 0 spiro atoms. The lowest BCUT2D eigenvalue weighted by atomic mass is 10.2. The van der Waals surface area contributed by atoms with Crippen LogP contribution in [-0.4, -0.2) is 12.0 Å². The number of nitrogens with one attached hydrogen (secondary N) is 1. The number of nitrogens with zero attached hydrogens (tertiary/aromatic N) is 1. The van der Waals surface area contributed by atoms with E-state index in [-0.39, 0.29) is 21.2 Å². The summed E-state index contributed by atoms with van der Waals surface area (Å²) in [7, 11) is 1.79. The minimum atomic E-state index is -0.0326. The first-order valence-electron chi connectivity index (χ1n) is 3.86. The van der Waals surface area contributed by atoms with Crippen molar-refractivity contribution < 1.29 is 0 Å². The number of pyridine rings is 1. The molecule has 1 aromatic heterocycles. The van der Waals surface area contributed by atoms with E-state index in [4.69, 9.17) is 46.4 Å². The maximum absolute atomic E-state index is 5.97. The maximum Gasteiger partial charge on any atom is 0.149 e. The van der Waals surface area contributed by atoms with Crippen molar-refractivity contribution in [3.8, 4) is 0 Å². The number of rotatable bonds is 2. The molecular formula is C8H8Cl4N2. The fourth-order valence-electron chi connectivity index (χ4n) is 0.927. The second-order valence-corrected chi connectivity index (χ2v) is 4.23. The summed E-state index contributed by atoms with van der Waals surface area (Å²) in [5, 5.41) is 3.92. The predicted molar refractivity (Wildman–Crippen MR) is 61.8 cm³/mol. The van der Waals surface area contributed by atoms with E-state index in [1.54, 1.807) is 7.05 Å². The van der Waals surface area contributed by atoms with E-state index < -0.39 is 0 Å². The summed E-state index contributed by atoms with van der Waals surface area (Å²) < 4.78 is 0. The van der Waals surface area contributed by atoms with Crippen molar-refractivity contribution >= 4 is 46.4 Å². The van der Waals surface area contributed by atoms with Gasteiger partial charge in [0.2, 0.25) is 0 Å². The summed E-state index contributed by atoms with van der Waals surface area (Å²) in [5.74, 6) is 0. The lowest BCUT2D eigenvalue weighted by Crippen LogP contribution is -2.14. The van der Waals surface area contributed by atoms with Crippen LogP contribution in [0.3, 0.4) is 0 Å². The van der Waals surface area contributed by atoms with Gasteiger partial charge in [0.1, 0.15) is 5.15 Å². The molecular weight excluding hydrogens is 266 g/mol. The maximum atomic E-state index is 5.97. The Kier molecular flexibility index (Phi) is 4.29. The van der Waals surface area contributed by atoms with Crippen molar-refractivity contribution in [2.24, 2.45) is 0 Å². The third-order valence-electron chi connectivity index (χ3n) is 1.85. The highest BCUT2D eigenvalue weighted by Gasteiger charge is 2.17. The topological polar surface area (TPSA) is 24.9 Å². The molecule has 0 bridgehead atoms. The Morgan fingerprint density at radius 2 is 1.64 bits per heavy atom. The summed E-state index contributed by atoms with van der Waals surface area (Å²) >= 11 is 23.4. The molecule has 1 atom stereocenters. The van der Waals surface area contributed by atoms with Gasteiger partial charge in [-0.25, -0.2) is 4.98 Å². The molecule has 2 nitrogen and oxygen atoms in total. The Morgan fingerprint density at radius 3 is 2.14 bits per heavy atom. The molecule has 0 aliphatic rings. The second kappa shape index (κ2) is 4.86. The molecule has 0 fully saturated rings. The monoisotopic (exact) mass is 272 g/mol. The largest absolute Gasteiger partial charge is 0.312 e. The first kappa shape index (κ1) is 12.3. The van der Waals surface area contributed by atoms with Crippen LogP contribution in [0.5, 0.6) is 0 Å². The van der Waals surface area contributed by atoms with Crippen LogP contribution in [0.2, 0.25) is 20.2 Å². The molecule has 6 heteroatoms. The van der Waals surface area contributed by atoms with E-state index in [9.17, 15) is 0 Å². The molecule has 0 aliphatic heterocycles. The van der Waals surface area contributed by atoms with Crippen LogP contribution in [0.25, 0.3) is 0 Å². The normalized spacial score (nSPS) is 13.0. The van der Waals surface area contributed by atoms with E-state index in [0.29, 0.717) is 10.7 Å². The van der Waals surface area contributed by atoms with E-state index >= 15 is 0 Å². The van der Waals surface area contributed by atoms with E-state index in [2.05, 4.69) is 10.3 Å². The van der Waals surface area contributed by atoms with E-state index in [1.807, 2.05) is 6.92 Å². The number of halogens is 4. The Labute approximate surface area is 103 Å². The van der Waals surface area contributed by atoms with Gasteiger partial charge in [0.15, 0.2) is 0 Å². The molecule has 1 rings (SSSR count). The number of aromatic nitrogens is 1. The molecule has 1 N–H and O–H groups in total. The highest BCUT2D eigenvalue weighted by Crippen LogP contribution is 2.37. The molecule has 1 aromatic rings. The second-order valence-electron chi connectivity index (χ2n) is 2.74. The quantitative estimate of drug-likeness (QED) is 0.825. The van der Waals surface area contributed by atoms with Gasteiger partial charge < -0.3 is 5.32 Å². The molecule has 0 aliphatic carbocycles. The molecule has 0 unspecified atom stereocenters. The summed E-state index contributed by atoms with van der Waals surface area (Å²) in [4.78, 5) is 4.06. The van der Waals surface area contributed by atoms with Crippen LogP contribution < -0.4 is 5.32 Å². The van der Waals surface area contributed by atoms with Crippen LogP contribution in [0.1, 0.15) is 18.7 Å². The Balaban J connectivity index is 3.33. The van der Waals surface area contributed by atoms with Gasteiger partial charge in [0, 0.05) is 6.04 Å². The van der Waals surface area contributed by atoms with Crippen molar-refractivity contribution in [3.63, 3.8) is 0 Å². The van der Waals surface area contributed by atoms with E-state index in [1.165, 1.54) is 0 Å². The van der Waals surface area contributed by atoms with Crippen molar-refractivity contribution in [3.05, 3.63) is 25.9 Å². The third-order valence-corrected chi connectivity index (χ3v) is 3.55. The molecule has 0 radical (unpaired) electrons. The average molecular weight is 274 g/mol. The molecule has 78 valence electrons. The van der Waals surface area contributed by atoms with Gasteiger partial charge >= 0.3 is 0 Å². The third kappa shape index (κ3) is 2.26. The highest BCUT2D eigenvalue weighted by atomic mass is 35.5. The van der Waals surface area contributed by atoms with Gasteiger partial charge in [0.25, 0.3) is 0 Å². The Bertz CT molecular complexity index is 354. The SMILES string of the molecule is CN[C@H](C)c1nc(Cl)c(Cl)c(Cl)c1Cl. The highest BCUT2D eigenvalue weighted by molar-refractivity contribution is 6.51. The zero-order valence-corrected chi connectivity index (χ0v) is 10.6. The van der Waals surface area contributed by atoms with Gasteiger partial charge in [-0.3, -0.25) is 0 Å². The van der Waals surface area contributed by atoms with Crippen LogP contribution >= 0.6 is 46.4 Å². The Morgan fingerprint density at radius 1 is 1.07 bits per heavy atom. The molecule has 0 saturated heterocycles. The fourth-order valence-corrected chi connectivity index (χ4v) is 1.83. The van der Waals surface area contributed by atoms with Crippen LogP contribution in [0.4, 0.5) is 0 Å². The van der Waals surface area contributed by atoms with Crippen molar-refractivity contribution in [2.45, 2.75) is 13.0 Å². The summed E-state index contributed by atoms with van der Waals surface area (Å²) in [6.45, 7) is 1.90. The standard InChI is InChI=1S/C8H8Cl4N2/c1-3(13-2)7-5(10)4(9)6(11)8(12)14-7/h3,13H,1-2H3/t3-/m1/s1. The first-order chi connectivity index (χ1) is 6.49. The summed E-state index contributed by atoms with van der Waals surface area (Å²) in [5.41, 5.74) is 0.591. The van der Waals surface area contributed by atoms with E-state index in [0.717, 1.165) is 0 Å². The van der Waals surface area contributed by atoms with Gasteiger partial charge in [-0.2, -0.15) is 0 Å². The molecule has 1 heterocycles. The van der Waals surface area contributed by atoms with Crippen molar-refractivity contribution in [1.29, 1.82) is 0 Å². The minimum Gasteiger partial charge on any atom is -0.312 e. The zero-order valence-electron chi connectivity index (χ0n) is 7.54. The number of hydrogen-bond acceptors (Lipinski definition) is 2. The molecule has 0 saturated carbocycles. The van der Waals surface area contributed by atoms with Crippen molar-refractivity contribution in [1.82, 2.24) is 10.3 Å². The van der Waals surface area contributed by atoms with Crippen LogP contribution in [-0.2, 0) is 0 Å². The molecule has 0 amide bonds. The lowest BCUT2D eigenvalue weighted by Gasteiger charge is -2.13. The first-order valence-corrected chi connectivity index (χ1v) is 5.37. The summed E-state index contributed by atoms with van der Waals surface area (Å²) in [6.07, 6.45) is 0.